The molecule has 4 rings (SSSR count). The zero-order chi connectivity index (χ0) is 25.7. The summed E-state index contributed by atoms with van der Waals surface area (Å²) in [6.07, 6.45) is 0.178. The molecule has 3 aromatic carbocycles. The first-order valence-corrected chi connectivity index (χ1v) is 12.3. The summed E-state index contributed by atoms with van der Waals surface area (Å²) in [5, 5.41) is 13.6. The fourth-order valence-electron chi connectivity index (χ4n) is 4.15. The van der Waals surface area contributed by atoms with Crippen molar-refractivity contribution in [1.29, 1.82) is 0 Å². The second-order valence-electron chi connectivity index (χ2n) is 8.51. The van der Waals surface area contributed by atoms with Gasteiger partial charge < -0.3 is 25.0 Å². The van der Waals surface area contributed by atoms with E-state index in [9.17, 15) is 14.7 Å². The van der Waals surface area contributed by atoms with Gasteiger partial charge in [0.1, 0.15) is 11.5 Å². The van der Waals surface area contributed by atoms with Gasteiger partial charge in [0, 0.05) is 60.1 Å². The van der Waals surface area contributed by atoms with Gasteiger partial charge in [0.05, 0.1) is 13.5 Å². The van der Waals surface area contributed by atoms with Crippen LogP contribution >= 0.6 is 23.2 Å². The van der Waals surface area contributed by atoms with Gasteiger partial charge in [-0.25, -0.2) is 0 Å². The minimum Gasteiger partial charge on any atom is -0.508 e. The number of carbonyl (C=O) groups is 2. The number of aromatic hydroxyl groups is 1. The van der Waals surface area contributed by atoms with Crippen molar-refractivity contribution in [1.82, 2.24) is 10.2 Å². The van der Waals surface area contributed by atoms with Crippen LogP contribution in [0.5, 0.6) is 11.5 Å². The fraction of sp³-hybridized carbons (Fsp3) is 0.259. The number of phenolic OH excluding ortho intramolecular Hbond substituents is 1. The molecule has 0 bridgehead atoms. The maximum Gasteiger partial charge on any atom is 0.251 e. The smallest absolute Gasteiger partial charge is 0.251 e. The first kappa shape index (κ1) is 25.7. The number of halogens is 2. The molecule has 2 N–H and O–H groups in total. The summed E-state index contributed by atoms with van der Waals surface area (Å²) in [6.45, 7) is 2.83. The molecule has 0 aromatic heterocycles. The third kappa shape index (κ3) is 6.22. The largest absolute Gasteiger partial charge is 0.508 e. The molecule has 36 heavy (non-hydrogen) atoms. The molecule has 9 heteroatoms. The van der Waals surface area contributed by atoms with Crippen molar-refractivity contribution in [2.24, 2.45) is 0 Å². The Morgan fingerprint density at radius 1 is 0.972 bits per heavy atom. The lowest BCUT2D eigenvalue weighted by atomic mass is 10.1. The molecule has 3 aromatic rings. The molecule has 0 spiro atoms. The molecule has 7 nitrogen and oxygen atoms in total. The van der Waals surface area contributed by atoms with Crippen LogP contribution < -0.4 is 15.0 Å². The zero-order valence-corrected chi connectivity index (χ0v) is 21.4. The molecule has 1 saturated heterocycles. The Balaban J connectivity index is 1.29. The Hall–Kier alpha value is -3.42. The average Bonchev–Trinajstić information content (AvgIpc) is 2.89. The number of piperazine rings is 1. The zero-order valence-electron chi connectivity index (χ0n) is 19.8. The molecule has 0 aliphatic carbocycles. The van der Waals surface area contributed by atoms with Crippen molar-refractivity contribution in [3.63, 3.8) is 0 Å². The molecule has 0 unspecified atom stereocenters. The molecular weight excluding hydrogens is 501 g/mol. The first-order valence-electron chi connectivity index (χ1n) is 11.5. The summed E-state index contributed by atoms with van der Waals surface area (Å²) in [5.74, 6) is 0.397. The second kappa shape index (κ2) is 11.5. The predicted octanol–water partition coefficient (Wildman–Crippen LogP) is 4.53. The summed E-state index contributed by atoms with van der Waals surface area (Å²) < 4.78 is 5.14. The highest BCUT2D eigenvalue weighted by atomic mass is 35.5. The van der Waals surface area contributed by atoms with E-state index in [-0.39, 0.29) is 30.5 Å². The van der Waals surface area contributed by atoms with E-state index in [1.165, 1.54) is 13.2 Å². The van der Waals surface area contributed by atoms with Crippen molar-refractivity contribution >= 4 is 40.7 Å². The second-order valence-corrected chi connectivity index (χ2v) is 9.33. The maximum atomic E-state index is 12.8. The third-order valence-corrected chi connectivity index (χ3v) is 6.86. The van der Waals surface area contributed by atoms with Gasteiger partial charge in [-0.15, -0.1) is 0 Å². The van der Waals surface area contributed by atoms with Crippen LogP contribution in [0, 0.1) is 0 Å². The highest BCUT2D eigenvalue weighted by Crippen LogP contribution is 2.26. The summed E-state index contributed by atoms with van der Waals surface area (Å²) in [5.41, 5.74) is 2.92. The van der Waals surface area contributed by atoms with Gasteiger partial charge in [-0.1, -0.05) is 29.3 Å². The number of carbonyl (C=O) groups excluding carboxylic acids is 2. The number of rotatable bonds is 7. The van der Waals surface area contributed by atoms with E-state index < -0.39 is 0 Å². The first-order chi connectivity index (χ1) is 17.3. The molecule has 0 atom stereocenters. The van der Waals surface area contributed by atoms with Crippen LogP contribution in [0.4, 0.5) is 5.69 Å². The average molecular weight is 528 g/mol. The monoisotopic (exact) mass is 527 g/mol. The van der Waals surface area contributed by atoms with Crippen LogP contribution in [0.25, 0.3) is 0 Å². The number of hydrogen-bond acceptors (Lipinski definition) is 5. The number of nitrogens with one attached hydrogen (secondary N) is 1. The fourth-order valence-corrected chi connectivity index (χ4v) is 4.68. The lowest BCUT2D eigenvalue weighted by Gasteiger charge is -2.36. The van der Waals surface area contributed by atoms with Gasteiger partial charge in [0.2, 0.25) is 5.91 Å². The topological polar surface area (TPSA) is 82.1 Å². The van der Waals surface area contributed by atoms with Crippen molar-refractivity contribution in [3.8, 4) is 11.5 Å². The number of phenols is 1. The molecule has 1 aliphatic heterocycles. The minimum atomic E-state index is -0.211. The number of ether oxygens (including phenoxy) is 1. The summed E-state index contributed by atoms with van der Waals surface area (Å²) in [7, 11) is 1.52. The molecule has 0 saturated carbocycles. The number of methoxy groups -OCH3 is 1. The number of anilines is 1. The van der Waals surface area contributed by atoms with Gasteiger partial charge in [-0.2, -0.15) is 0 Å². The van der Waals surface area contributed by atoms with Gasteiger partial charge in [0.25, 0.3) is 5.91 Å². The van der Waals surface area contributed by atoms with E-state index in [1.807, 2.05) is 17.0 Å². The van der Waals surface area contributed by atoms with E-state index in [2.05, 4.69) is 10.2 Å². The molecule has 1 fully saturated rings. The van der Waals surface area contributed by atoms with Gasteiger partial charge in [0.15, 0.2) is 0 Å². The van der Waals surface area contributed by atoms with Crippen molar-refractivity contribution in [2.45, 2.75) is 13.0 Å². The molecule has 0 radical (unpaired) electrons. The molecule has 188 valence electrons. The molecule has 1 heterocycles. The number of amides is 2. The lowest BCUT2D eigenvalue weighted by molar-refractivity contribution is -0.130. The van der Waals surface area contributed by atoms with E-state index in [1.54, 1.807) is 42.5 Å². The Bertz CT molecular complexity index is 1220. The number of benzene rings is 3. The quantitative estimate of drug-likeness (QED) is 0.471. The standard InChI is InChI=1S/C27H27Cl2N3O4/c1-36-22-14-18(13-21(33)15-22)17-30-27(35)19-5-7-20(8-6-19)31-9-11-32(12-10-31)26(34)16-23-24(28)3-2-4-25(23)29/h2-8,13-15,33H,9-12,16-17H2,1H3,(H,30,35). The number of hydrogen-bond donors (Lipinski definition) is 2. The third-order valence-electron chi connectivity index (χ3n) is 6.16. The summed E-state index contributed by atoms with van der Waals surface area (Å²) in [4.78, 5) is 29.4. The minimum absolute atomic E-state index is 0.000948. The Labute approximate surface area is 220 Å². The van der Waals surface area contributed by atoms with E-state index in [4.69, 9.17) is 27.9 Å². The highest BCUT2D eigenvalue weighted by molar-refractivity contribution is 6.36. The van der Waals surface area contributed by atoms with Crippen LogP contribution in [0.2, 0.25) is 10.0 Å². The van der Waals surface area contributed by atoms with Gasteiger partial charge >= 0.3 is 0 Å². The van der Waals surface area contributed by atoms with Crippen molar-refractivity contribution in [2.75, 3.05) is 38.2 Å². The van der Waals surface area contributed by atoms with Gasteiger partial charge in [-0.05, 0) is 59.7 Å². The van der Waals surface area contributed by atoms with Crippen LogP contribution in [-0.2, 0) is 17.8 Å². The van der Waals surface area contributed by atoms with Crippen LogP contribution in [0.1, 0.15) is 21.5 Å². The Morgan fingerprint density at radius 3 is 2.28 bits per heavy atom. The van der Waals surface area contributed by atoms with Crippen molar-refractivity contribution < 1.29 is 19.4 Å². The van der Waals surface area contributed by atoms with E-state index >= 15 is 0 Å². The van der Waals surface area contributed by atoms with E-state index in [0.717, 1.165) is 11.3 Å². The van der Waals surface area contributed by atoms with Crippen LogP contribution in [-0.4, -0.2) is 55.1 Å². The summed E-state index contributed by atoms with van der Waals surface area (Å²) in [6, 6.07) is 17.5. The Morgan fingerprint density at radius 2 is 1.64 bits per heavy atom. The van der Waals surface area contributed by atoms with Crippen LogP contribution in [0.3, 0.4) is 0 Å². The van der Waals surface area contributed by atoms with Crippen LogP contribution in [0.15, 0.2) is 60.7 Å². The normalized spacial score (nSPS) is 13.4. The molecule has 2 amide bonds. The van der Waals surface area contributed by atoms with Crippen molar-refractivity contribution in [3.05, 3.63) is 87.4 Å². The lowest BCUT2D eigenvalue weighted by Crippen LogP contribution is -2.49. The molecular formula is C27H27Cl2N3O4. The summed E-state index contributed by atoms with van der Waals surface area (Å²) >= 11 is 12.4. The maximum absolute atomic E-state index is 12.8. The predicted molar refractivity (Wildman–Crippen MR) is 141 cm³/mol. The van der Waals surface area contributed by atoms with Gasteiger partial charge in [-0.3, -0.25) is 9.59 Å². The highest BCUT2D eigenvalue weighted by Gasteiger charge is 2.23. The number of nitrogens with zero attached hydrogens (tertiary/aromatic N) is 2. The Kier molecular flexibility index (Phi) is 8.23. The molecule has 1 aliphatic rings. The van der Waals surface area contributed by atoms with E-state index in [0.29, 0.717) is 53.1 Å². The SMILES string of the molecule is COc1cc(O)cc(CNC(=O)c2ccc(N3CCN(C(=O)Cc4c(Cl)cccc4Cl)CC3)cc2)c1.